The van der Waals surface area contributed by atoms with E-state index in [-0.39, 0.29) is 30.4 Å². The average Bonchev–Trinajstić information content (AvgIpc) is 2.81. The molecule has 0 bridgehead atoms. The lowest BCUT2D eigenvalue weighted by molar-refractivity contribution is -0.123. The third-order valence-electron chi connectivity index (χ3n) is 2.82. The molecular formula is C12H15Cl3N2OS. The van der Waals surface area contributed by atoms with Gasteiger partial charge >= 0.3 is 0 Å². The Labute approximate surface area is 133 Å². The van der Waals surface area contributed by atoms with Gasteiger partial charge < -0.3 is 5.32 Å². The van der Waals surface area contributed by atoms with E-state index in [1.807, 2.05) is 13.0 Å². The number of rotatable bonds is 3. The zero-order valence-electron chi connectivity index (χ0n) is 10.3. The zero-order chi connectivity index (χ0) is 13.1. The summed E-state index contributed by atoms with van der Waals surface area (Å²) < 4.78 is 0. The molecule has 1 saturated heterocycles. The summed E-state index contributed by atoms with van der Waals surface area (Å²) in [6.07, 6.45) is 0. The number of thioether (sulfide) groups is 1. The molecule has 2 N–H and O–H groups in total. The Balaban J connectivity index is 0.00000180. The second-order valence-electron chi connectivity index (χ2n) is 4.17. The van der Waals surface area contributed by atoms with Crippen molar-refractivity contribution in [2.24, 2.45) is 0 Å². The fourth-order valence-corrected chi connectivity index (χ4v) is 3.32. The highest BCUT2D eigenvalue weighted by atomic mass is 35.5. The van der Waals surface area contributed by atoms with Crippen LogP contribution >= 0.6 is 47.4 Å². The first kappa shape index (κ1) is 16.9. The van der Waals surface area contributed by atoms with Crippen LogP contribution in [0.3, 0.4) is 0 Å². The van der Waals surface area contributed by atoms with Crippen molar-refractivity contribution in [2.45, 2.75) is 19.0 Å². The quantitative estimate of drug-likeness (QED) is 0.886. The number of hydrogen-bond donors (Lipinski definition) is 2. The summed E-state index contributed by atoms with van der Waals surface area (Å²) in [4.78, 5) is 12.0. The second-order valence-corrected chi connectivity index (χ2v) is 6.04. The molecule has 0 aromatic heterocycles. The SMILES string of the molecule is CC(NC(=O)C1CSCN1)c1ccc(Cl)cc1Cl.Cl. The van der Waals surface area contributed by atoms with Crippen LogP contribution in [0.2, 0.25) is 10.0 Å². The first-order valence-electron chi connectivity index (χ1n) is 5.64. The van der Waals surface area contributed by atoms with E-state index in [1.54, 1.807) is 23.9 Å². The third kappa shape index (κ3) is 4.43. The van der Waals surface area contributed by atoms with Gasteiger partial charge in [0.25, 0.3) is 0 Å². The molecule has 1 aromatic carbocycles. The number of nitrogens with one attached hydrogen (secondary N) is 2. The smallest absolute Gasteiger partial charge is 0.238 e. The Morgan fingerprint density at radius 2 is 2.26 bits per heavy atom. The number of halogens is 3. The van der Waals surface area contributed by atoms with Crippen LogP contribution in [0.15, 0.2) is 18.2 Å². The number of benzene rings is 1. The number of hydrogen-bond acceptors (Lipinski definition) is 3. The molecule has 2 atom stereocenters. The standard InChI is InChI=1S/C12H14Cl2N2OS.ClH/c1-7(9-3-2-8(13)4-10(9)14)16-12(17)11-5-18-6-15-11;/h2-4,7,11,15H,5-6H2,1H3,(H,16,17);1H. The van der Waals surface area contributed by atoms with Gasteiger partial charge in [0.05, 0.1) is 12.1 Å². The lowest BCUT2D eigenvalue weighted by Gasteiger charge is -2.18. The van der Waals surface area contributed by atoms with Crippen LogP contribution in [0.5, 0.6) is 0 Å². The van der Waals surface area contributed by atoms with Gasteiger partial charge in [-0.3, -0.25) is 10.1 Å². The van der Waals surface area contributed by atoms with E-state index in [1.165, 1.54) is 0 Å². The number of amides is 1. The van der Waals surface area contributed by atoms with Crippen molar-refractivity contribution in [1.29, 1.82) is 0 Å². The van der Waals surface area contributed by atoms with Crippen molar-refractivity contribution < 1.29 is 4.79 Å². The van der Waals surface area contributed by atoms with E-state index in [0.29, 0.717) is 10.0 Å². The van der Waals surface area contributed by atoms with Crippen LogP contribution < -0.4 is 10.6 Å². The highest BCUT2D eigenvalue weighted by Gasteiger charge is 2.24. The Kier molecular flexibility index (Phi) is 6.77. The zero-order valence-corrected chi connectivity index (χ0v) is 13.4. The average molecular weight is 342 g/mol. The Bertz CT molecular complexity index is 453. The van der Waals surface area contributed by atoms with Crippen molar-refractivity contribution in [3.8, 4) is 0 Å². The van der Waals surface area contributed by atoms with Gasteiger partial charge in [-0.1, -0.05) is 29.3 Å². The lowest BCUT2D eigenvalue weighted by Crippen LogP contribution is -2.42. The molecule has 2 rings (SSSR count). The number of carbonyl (C=O) groups is 1. The molecule has 0 aliphatic carbocycles. The second kappa shape index (κ2) is 7.60. The minimum Gasteiger partial charge on any atom is -0.348 e. The predicted octanol–water partition coefficient (Wildman–Crippen LogP) is 3.25. The van der Waals surface area contributed by atoms with Crippen LogP contribution in [0.1, 0.15) is 18.5 Å². The molecule has 106 valence electrons. The van der Waals surface area contributed by atoms with Crippen LogP contribution in [-0.2, 0) is 4.79 Å². The summed E-state index contributed by atoms with van der Waals surface area (Å²) in [5.74, 6) is 1.65. The molecule has 0 spiro atoms. The largest absolute Gasteiger partial charge is 0.348 e. The number of carbonyl (C=O) groups excluding carboxylic acids is 1. The van der Waals surface area contributed by atoms with Crippen molar-refractivity contribution in [2.75, 3.05) is 11.6 Å². The summed E-state index contributed by atoms with van der Waals surface area (Å²) in [5, 5.41) is 7.26. The van der Waals surface area contributed by atoms with E-state index in [2.05, 4.69) is 10.6 Å². The monoisotopic (exact) mass is 340 g/mol. The maximum Gasteiger partial charge on any atom is 0.238 e. The summed E-state index contributed by atoms with van der Waals surface area (Å²) in [6, 6.07) is 5.06. The lowest BCUT2D eigenvalue weighted by atomic mass is 10.1. The van der Waals surface area contributed by atoms with E-state index in [0.717, 1.165) is 17.2 Å². The fourth-order valence-electron chi connectivity index (χ4n) is 1.81. The summed E-state index contributed by atoms with van der Waals surface area (Å²) in [6.45, 7) is 1.91. The molecule has 1 aliphatic rings. The molecule has 7 heteroatoms. The Morgan fingerprint density at radius 3 is 2.84 bits per heavy atom. The summed E-state index contributed by atoms with van der Waals surface area (Å²) in [7, 11) is 0. The van der Waals surface area contributed by atoms with Gasteiger partial charge in [0, 0.05) is 21.7 Å². The Morgan fingerprint density at radius 1 is 1.53 bits per heavy atom. The minimum absolute atomic E-state index is 0. The van der Waals surface area contributed by atoms with E-state index in [4.69, 9.17) is 23.2 Å². The highest BCUT2D eigenvalue weighted by Crippen LogP contribution is 2.26. The van der Waals surface area contributed by atoms with E-state index >= 15 is 0 Å². The van der Waals surface area contributed by atoms with Gasteiger partial charge in [-0.15, -0.1) is 24.2 Å². The van der Waals surface area contributed by atoms with E-state index < -0.39 is 0 Å². The maximum atomic E-state index is 12.0. The minimum atomic E-state index is -0.130. The van der Waals surface area contributed by atoms with Crippen LogP contribution in [-0.4, -0.2) is 23.6 Å². The fraction of sp³-hybridized carbons (Fsp3) is 0.417. The summed E-state index contributed by atoms with van der Waals surface area (Å²) >= 11 is 13.7. The molecule has 0 radical (unpaired) electrons. The van der Waals surface area contributed by atoms with Gasteiger partial charge in [0.2, 0.25) is 5.91 Å². The first-order valence-corrected chi connectivity index (χ1v) is 7.55. The van der Waals surface area contributed by atoms with Crippen molar-refractivity contribution in [3.63, 3.8) is 0 Å². The highest BCUT2D eigenvalue weighted by molar-refractivity contribution is 7.99. The van der Waals surface area contributed by atoms with Crippen LogP contribution in [0, 0.1) is 0 Å². The van der Waals surface area contributed by atoms with Gasteiger partial charge in [-0.2, -0.15) is 0 Å². The molecule has 1 aromatic rings. The molecule has 1 aliphatic heterocycles. The van der Waals surface area contributed by atoms with Gasteiger partial charge in [0.1, 0.15) is 0 Å². The summed E-state index contributed by atoms with van der Waals surface area (Å²) in [5.41, 5.74) is 0.875. The molecule has 1 heterocycles. The van der Waals surface area contributed by atoms with Crippen molar-refractivity contribution >= 4 is 53.3 Å². The van der Waals surface area contributed by atoms with E-state index in [9.17, 15) is 4.79 Å². The molecule has 3 nitrogen and oxygen atoms in total. The molecule has 1 fully saturated rings. The predicted molar refractivity (Wildman–Crippen MR) is 84.5 cm³/mol. The third-order valence-corrected chi connectivity index (χ3v) is 4.32. The first-order chi connectivity index (χ1) is 8.58. The normalized spacial score (nSPS) is 19.6. The van der Waals surface area contributed by atoms with Crippen LogP contribution in [0.4, 0.5) is 0 Å². The Hall–Kier alpha value is -0.130. The van der Waals surface area contributed by atoms with Crippen molar-refractivity contribution in [1.82, 2.24) is 10.6 Å². The molecule has 2 unspecified atom stereocenters. The topological polar surface area (TPSA) is 41.1 Å². The molecular weight excluding hydrogens is 327 g/mol. The maximum absolute atomic E-state index is 12.0. The molecule has 1 amide bonds. The van der Waals surface area contributed by atoms with Crippen LogP contribution in [0.25, 0.3) is 0 Å². The van der Waals surface area contributed by atoms with Gasteiger partial charge in [-0.05, 0) is 24.6 Å². The van der Waals surface area contributed by atoms with Crippen molar-refractivity contribution in [3.05, 3.63) is 33.8 Å². The van der Waals surface area contributed by atoms with Gasteiger partial charge in [-0.25, -0.2) is 0 Å². The molecule has 19 heavy (non-hydrogen) atoms. The molecule has 0 saturated carbocycles. The van der Waals surface area contributed by atoms with Gasteiger partial charge in [0.15, 0.2) is 0 Å².